The van der Waals surface area contributed by atoms with Crippen LogP contribution in [0.1, 0.15) is 20.8 Å². The lowest BCUT2D eigenvalue weighted by molar-refractivity contribution is 0.0518. The van der Waals surface area contributed by atoms with E-state index >= 15 is 0 Å². The summed E-state index contributed by atoms with van der Waals surface area (Å²) in [4.78, 5) is 18.5. The molecule has 1 amide bonds. The smallest absolute Gasteiger partial charge is 0.407 e. The van der Waals surface area contributed by atoms with Gasteiger partial charge >= 0.3 is 6.09 Å². The summed E-state index contributed by atoms with van der Waals surface area (Å²) in [6.07, 6.45) is 1.51. The van der Waals surface area contributed by atoms with E-state index in [0.717, 1.165) is 23.4 Å². The second kappa shape index (κ2) is 5.16. The number of alkyl carbamates (subject to hydrolysis) is 1. The van der Waals surface area contributed by atoms with Gasteiger partial charge in [0.15, 0.2) is 0 Å². The van der Waals surface area contributed by atoms with Crippen LogP contribution in [0.15, 0.2) is 22.8 Å². The zero-order valence-corrected chi connectivity index (χ0v) is 14.1. The van der Waals surface area contributed by atoms with Gasteiger partial charge in [-0.3, -0.25) is 0 Å². The van der Waals surface area contributed by atoms with Crippen LogP contribution in [0.5, 0.6) is 0 Å². The van der Waals surface area contributed by atoms with Gasteiger partial charge < -0.3 is 15.0 Å². The molecule has 2 fully saturated rings. The maximum Gasteiger partial charge on any atom is 0.407 e. The van der Waals surface area contributed by atoms with Gasteiger partial charge in [0.05, 0.1) is 0 Å². The van der Waals surface area contributed by atoms with Crippen LogP contribution in [0.25, 0.3) is 0 Å². The lowest BCUT2D eigenvalue weighted by atomic mass is 10.2. The molecule has 3 rings (SSSR count). The minimum absolute atomic E-state index is 0.256. The van der Waals surface area contributed by atoms with Crippen LogP contribution in [0.3, 0.4) is 0 Å². The van der Waals surface area contributed by atoms with Crippen molar-refractivity contribution in [3.05, 3.63) is 22.8 Å². The fourth-order valence-corrected chi connectivity index (χ4v) is 3.16. The molecule has 1 N–H and O–H groups in total. The molecule has 6 heteroatoms. The molecule has 2 heterocycles. The van der Waals surface area contributed by atoms with E-state index in [9.17, 15) is 4.79 Å². The van der Waals surface area contributed by atoms with Gasteiger partial charge in [-0.15, -0.1) is 0 Å². The second-order valence-corrected chi connectivity index (χ2v) is 7.65. The Morgan fingerprint density at radius 2 is 2.05 bits per heavy atom. The number of anilines is 1. The van der Waals surface area contributed by atoms with Crippen molar-refractivity contribution in [3.63, 3.8) is 0 Å². The van der Waals surface area contributed by atoms with Crippen LogP contribution in [-0.2, 0) is 4.74 Å². The van der Waals surface area contributed by atoms with Crippen LogP contribution >= 0.6 is 15.9 Å². The summed E-state index contributed by atoms with van der Waals surface area (Å²) in [5, 5.41) is 2.98. The van der Waals surface area contributed by atoms with Crippen molar-refractivity contribution in [2.24, 2.45) is 11.8 Å². The minimum Gasteiger partial charge on any atom is -0.444 e. The van der Waals surface area contributed by atoms with Crippen molar-refractivity contribution in [2.45, 2.75) is 32.4 Å². The summed E-state index contributed by atoms with van der Waals surface area (Å²) >= 11 is 3.39. The number of rotatable bonds is 2. The number of carbonyl (C=O) groups excluding carboxylic acids is 1. The monoisotopic (exact) mass is 353 g/mol. The van der Waals surface area contributed by atoms with E-state index in [1.807, 2.05) is 39.1 Å². The van der Waals surface area contributed by atoms with E-state index in [4.69, 9.17) is 4.74 Å². The molecule has 2 unspecified atom stereocenters. The third-order valence-corrected chi connectivity index (χ3v) is 4.38. The Balaban J connectivity index is 1.50. The van der Waals surface area contributed by atoms with Gasteiger partial charge in [-0.2, -0.15) is 0 Å². The van der Waals surface area contributed by atoms with E-state index in [-0.39, 0.29) is 12.1 Å². The molecule has 3 atom stereocenters. The summed E-state index contributed by atoms with van der Waals surface area (Å²) in [7, 11) is 0. The van der Waals surface area contributed by atoms with Gasteiger partial charge in [-0.25, -0.2) is 9.78 Å². The summed E-state index contributed by atoms with van der Waals surface area (Å²) in [5.74, 6) is 2.03. The van der Waals surface area contributed by atoms with Crippen molar-refractivity contribution in [2.75, 3.05) is 18.0 Å². The van der Waals surface area contributed by atoms with Crippen LogP contribution in [0.2, 0.25) is 0 Å². The number of nitrogens with zero attached hydrogens (tertiary/aromatic N) is 2. The third kappa shape index (κ3) is 3.31. The molecular weight excluding hydrogens is 334 g/mol. The quantitative estimate of drug-likeness (QED) is 0.888. The lowest BCUT2D eigenvalue weighted by Crippen LogP contribution is -2.38. The first-order valence-corrected chi connectivity index (χ1v) is 7.99. The van der Waals surface area contributed by atoms with Crippen LogP contribution in [0, 0.1) is 11.8 Å². The van der Waals surface area contributed by atoms with Crippen LogP contribution in [0.4, 0.5) is 10.6 Å². The van der Waals surface area contributed by atoms with Crippen molar-refractivity contribution in [1.29, 1.82) is 0 Å². The number of fused-ring (bicyclic) bond motifs is 1. The Morgan fingerprint density at radius 3 is 2.57 bits per heavy atom. The molecule has 1 aliphatic heterocycles. The Hall–Kier alpha value is -1.30. The molecule has 1 saturated carbocycles. The zero-order valence-electron chi connectivity index (χ0n) is 12.5. The normalized spacial score (nSPS) is 27.2. The van der Waals surface area contributed by atoms with Gasteiger partial charge in [0, 0.05) is 41.6 Å². The zero-order chi connectivity index (χ0) is 15.2. The molecule has 114 valence electrons. The number of amides is 1. The predicted molar refractivity (Wildman–Crippen MR) is 84.3 cm³/mol. The highest BCUT2D eigenvalue weighted by Crippen LogP contribution is 2.46. The largest absolute Gasteiger partial charge is 0.444 e. The molecule has 0 bridgehead atoms. The summed E-state index contributed by atoms with van der Waals surface area (Å²) in [5.41, 5.74) is -0.443. The molecule has 2 aliphatic rings. The molecule has 1 aromatic heterocycles. The van der Waals surface area contributed by atoms with Crippen molar-refractivity contribution < 1.29 is 9.53 Å². The Morgan fingerprint density at radius 1 is 1.38 bits per heavy atom. The van der Waals surface area contributed by atoms with E-state index < -0.39 is 5.60 Å². The number of halogens is 1. The highest BCUT2D eigenvalue weighted by Gasteiger charge is 2.57. The molecule has 1 saturated heterocycles. The molecule has 0 aromatic carbocycles. The number of ether oxygens (including phenoxy) is 1. The topological polar surface area (TPSA) is 54.5 Å². The Kier molecular flexibility index (Phi) is 3.59. The Bertz CT molecular complexity index is 529. The first-order chi connectivity index (χ1) is 9.83. The number of hydrogen-bond donors (Lipinski definition) is 1. The van der Waals surface area contributed by atoms with E-state index in [1.165, 1.54) is 0 Å². The second-order valence-electron chi connectivity index (χ2n) is 6.74. The maximum atomic E-state index is 11.8. The molecule has 0 radical (unpaired) electrons. The maximum absolute atomic E-state index is 11.8. The highest BCUT2D eigenvalue weighted by molar-refractivity contribution is 9.10. The lowest BCUT2D eigenvalue weighted by Gasteiger charge is -2.23. The van der Waals surface area contributed by atoms with Crippen LogP contribution in [-0.4, -0.2) is 35.8 Å². The van der Waals surface area contributed by atoms with E-state index in [2.05, 4.69) is 31.1 Å². The predicted octanol–water partition coefficient (Wildman–Crippen LogP) is 2.80. The van der Waals surface area contributed by atoms with E-state index in [1.54, 1.807) is 0 Å². The molecule has 1 aromatic rings. The molecular formula is C15H20BrN3O2. The summed E-state index contributed by atoms with van der Waals surface area (Å²) < 4.78 is 6.28. The van der Waals surface area contributed by atoms with Gasteiger partial charge in [-0.05, 0) is 48.8 Å². The van der Waals surface area contributed by atoms with Crippen molar-refractivity contribution in [3.8, 4) is 0 Å². The number of hydrogen-bond acceptors (Lipinski definition) is 4. The third-order valence-electron chi connectivity index (χ3n) is 3.91. The fraction of sp³-hybridized carbons (Fsp3) is 0.600. The SMILES string of the molecule is CC(C)(C)OC(=O)NC1C2CN(c3ccc(Br)cn3)C[C@@H]21. The van der Waals surface area contributed by atoms with Gasteiger partial charge in [0.1, 0.15) is 11.4 Å². The van der Waals surface area contributed by atoms with E-state index in [0.29, 0.717) is 11.8 Å². The fourth-order valence-electron chi connectivity index (χ4n) is 2.93. The standard InChI is InChI=1S/C15H20BrN3O2/c1-15(2,3)21-14(20)18-13-10-7-19(8-11(10)13)12-5-4-9(16)6-17-12/h4-6,10-11,13H,7-8H2,1-3H3,(H,18,20)/t10-,11?,13?/m0/s1. The average Bonchev–Trinajstić information content (AvgIpc) is 2.83. The van der Waals surface area contributed by atoms with Gasteiger partial charge in [-0.1, -0.05) is 0 Å². The molecule has 5 nitrogen and oxygen atoms in total. The number of carbonyl (C=O) groups is 1. The minimum atomic E-state index is -0.443. The Labute approximate surface area is 133 Å². The first kappa shape index (κ1) is 14.6. The highest BCUT2D eigenvalue weighted by atomic mass is 79.9. The number of nitrogens with one attached hydrogen (secondary N) is 1. The summed E-state index contributed by atoms with van der Waals surface area (Å²) in [6.45, 7) is 7.52. The van der Waals surface area contributed by atoms with Crippen molar-refractivity contribution in [1.82, 2.24) is 10.3 Å². The van der Waals surface area contributed by atoms with Crippen LogP contribution < -0.4 is 10.2 Å². The summed E-state index contributed by atoms with van der Waals surface area (Å²) in [6, 6.07) is 4.28. The average molecular weight is 354 g/mol. The molecule has 0 spiro atoms. The van der Waals surface area contributed by atoms with Gasteiger partial charge in [0.25, 0.3) is 0 Å². The molecule has 21 heavy (non-hydrogen) atoms. The molecule has 1 aliphatic carbocycles. The number of piperidine rings is 1. The first-order valence-electron chi connectivity index (χ1n) is 7.19. The van der Waals surface area contributed by atoms with Crippen molar-refractivity contribution >= 4 is 27.8 Å². The number of pyridine rings is 1. The number of aromatic nitrogens is 1. The van der Waals surface area contributed by atoms with Gasteiger partial charge in [0.2, 0.25) is 0 Å².